The predicted octanol–water partition coefficient (Wildman–Crippen LogP) is 0.411. The van der Waals surface area contributed by atoms with Gasteiger partial charge in [-0.2, -0.15) is 0 Å². The van der Waals surface area contributed by atoms with Gasteiger partial charge in [0.05, 0.1) is 13.3 Å². The molecule has 0 aliphatic heterocycles. The van der Waals surface area contributed by atoms with Gasteiger partial charge in [0.15, 0.2) is 0 Å². The van der Waals surface area contributed by atoms with Crippen LogP contribution in [-0.2, 0) is 0 Å². The number of hydrogen-bond donors (Lipinski definition) is 4. The average Bonchev–Trinajstić information content (AvgIpc) is 2.02. The molecular weight excluding hydrogens is 201 g/mol. The molecule has 0 aromatic carbocycles. The van der Waals surface area contributed by atoms with Gasteiger partial charge in [0.1, 0.15) is 0 Å². The molecule has 0 aromatic heterocycles. The van der Waals surface area contributed by atoms with E-state index in [1.54, 1.807) is 4.67 Å². The molecule has 0 saturated carbocycles. The lowest BCUT2D eigenvalue weighted by molar-refractivity contribution is 0.289. The van der Waals surface area contributed by atoms with Crippen LogP contribution in [0.4, 0.5) is 0 Å². The maximum absolute atomic E-state index is 9.10. The maximum atomic E-state index is 9.10. The highest BCUT2D eigenvalue weighted by Gasteiger charge is 2.13. The summed E-state index contributed by atoms with van der Waals surface area (Å²) in [6, 6.07) is 0.679. The second-order valence-corrected chi connectivity index (χ2v) is 4.91. The summed E-state index contributed by atoms with van der Waals surface area (Å²) in [6.07, 6.45) is 0. The first-order valence-electron chi connectivity index (χ1n) is 4.83. The molecule has 0 rings (SSSR count). The number of rotatable bonds is 7. The third kappa shape index (κ3) is 7.62. The molecule has 0 aromatic rings. The molecule has 86 valence electrons. The molecule has 0 saturated heterocycles. The van der Waals surface area contributed by atoms with Gasteiger partial charge in [-0.05, 0) is 27.7 Å². The Labute approximate surface area is 87.5 Å². The summed E-state index contributed by atoms with van der Waals surface area (Å²) in [4.78, 5) is 18.2. The molecule has 6 heteroatoms. The van der Waals surface area contributed by atoms with E-state index >= 15 is 0 Å². The Morgan fingerprint density at radius 2 is 1.36 bits per heavy atom. The van der Waals surface area contributed by atoms with Crippen LogP contribution >= 0.6 is 8.53 Å². The zero-order chi connectivity index (χ0) is 11.1. The molecule has 0 radical (unpaired) electrons. The van der Waals surface area contributed by atoms with Crippen molar-refractivity contribution in [3.05, 3.63) is 0 Å². The Morgan fingerprint density at radius 3 is 1.57 bits per heavy atom. The van der Waals surface area contributed by atoms with Crippen molar-refractivity contribution in [2.75, 3.05) is 13.3 Å². The third-order valence-corrected chi connectivity index (χ3v) is 2.41. The van der Waals surface area contributed by atoms with E-state index in [4.69, 9.17) is 9.79 Å². The number of hydrogen-bond acceptors (Lipinski definition) is 5. The van der Waals surface area contributed by atoms with Crippen LogP contribution in [0.2, 0.25) is 0 Å². The van der Waals surface area contributed by atoms with Gasteiger partial charge in [-0.1, -0.05) is 0 Å². The fourth-order valence-corrected chi connectivity index (χ4v) is 1.17. The second-order valence-electron chi connectivity index (χ2n) is 3.81. The topological polar surface area (TPSA) is 67.8 Å². The van der Waals surface area contributed by atoms with E-state index in [-0.39, 0.29) is 0 Å². The van der Waals surface area contributed by atoms with Crippen LogP contribution in [0.3, 0.4) is 0 Å². The number of nitrogens with zero attached hydrogens (tertiary/aromatic N) is 1. The van der Waals surface area contributed by atoms with Gasteiger partial charge in [0.25, 0.3) is 8.53 Å². The van der Waals surface area contributed by atoms with Crippen LogP contribution in [0, 0.1) is 0 Å². The van der Waals surface area contributed by atoms with E-state index in [1.807, 2.05) is 27.7 Å². The summed E-state index contributed by atoms with van der Waals surface area (Å²) in [6.45, 7) is 9.04. The SMILES string of the molecule is CC(C)NCN(CNC(C)C)P(O)O. The molecule has 0 heterocycles. The predicted molar refractivity (Wildman–Crippen MR) is 59.5 cm³/mol. The first-order valence-corrected chi connectivity index (χ1v) is 6.03. The number of nitrogens with one attached hydrogen (secondary N) is 2. The van der Waals surface area contributed by atoms with Gasteiger partial charge >= 0.3 is 0 Å². The first kappa shape index (κ1) is 14.2. The first-order chi connectivity index (χ1) is 6.43. The Morgan fingerprint density at radius 1 is 1.00 bits per heavy atom. The van der Waals surface area contributed by atoms with Gasteiger partial charge in [-0.3, -0.25) is 0 Å². The average molecular weight is 223 g/mol. The normalized spacial score (nSPS) is 12.4. The highest BCUT2D eigenvalue weighted by molar-refractivity contribution is 7.42. The second kappa shape index (κ2) is 7.51. The highest BCUT2D eigenvalue weighted by atomic mass is 31.2. The molecule has 14 heavy (non-hydrogen) atoms. The molecule has 0 aliphatic carbocycles. The lowest BCUT2D eigenvalue weighted by Crippen LogP contribution is -2.41. The van der Waals surface area contributed by atoms with Gasteiger partial charge in [-0.25, -0.2) is 4.67 Å². The summed E-state index contributed by atoms with van der Waals surface area (Å²) in [5, 5.41) is 6.27. The Kier molecular flexibility index (Phi) is 7.64. The lowest BCUT2D eigenvalue weighted by atomic mass is 10.4. The molecule has 0 fully saturated rings. The molecule has 0 atom stereocenters. The van der Waals surface area contributed by atoms with E-state index in [9.17, 15) is 0 Å². The quantitative estimate of drug-likeness (QED) is 0.372. The molecular formula is C8H22N3O2P. The zero-order valence-corrected chi connectivity index (χ0v) is 10.3. The largest absolute Gasteiger partial charge is 0.338 e. The van der Waals surface area contributed by atoms with Crippen LogP contribution < -0.4 is 10.6 Å². The summed E-state index contributed by atoms with van der Waals surface area (Å²) in [5.74, 6) is 0. The Hall–Kier alpha value is 0.230. The van der Waals surface area contributed by atoms with E-state index in [2.05, 4.69) is 10.6 Å². The Balaban J connectivity index is 3.78. The van der Waals surface area contributed by atoms with Crippen LogP contribution in [-0.4, -0.2) is 39.9 Å². The van der Waals surface area contributed by atoms with Gasteiger partial charge in [0, 0.05) is 12.1 Å². The van der Waals surface area contributed by atoms with Crippen molar-refractivity contribution in [2.24, 2.45) is 0 Å². The lowest BCUT2D eigenvalue weighted by Gasteiger charge is -2.25. The van der Waals surface area contributed by atoms with Crippen molar-refractivity contribution in [1.29, 1.82) is 0 Å². The fraction of sp³-hybridized carbons (Fsp3) is 1.00. The molecule has 5 nitrogen and oxygen atoms in total. The molecule has 0 aliphatic rings. The van der Waals surface area contributed by atoms with Crippen LogP contribution in [0.5, 0.6) is 0 Å². The summed E-state index contributed by atoms with van der Waals surface area (Å²) in [7, 11) is -2.02. The van der Waals surface area contributed by atoms with Crippen LogP contribution in [0.15, 0.2) is 0 Å². The van der Waals surface area contributed by atoms with Crippen LogP contribution in [0.25, 0.3) is 0 Å². The minimum atomic E-state index is -2.02. The highest BCUT2D eigenvalue weighted by Crippen LogP contribution is 2.27. The van der Waals surface area contributed by atoms with Crippen molar-refractivity contribution < 1.29 is 9.79 Å². The molecule has 0 bridgehead atoms. The minimum Gasteiger partial charge on any atom is -0.338 e. The molecule has 0 amide bonds. The van der Waals surface area contributed by atoms with E-state index in [0.717, 1.165) is 0 Å². The monoisotopic (exact) mass is 223 g/mol. The molecule has 0 spiro atoms. The third-order valence-electron chi connectivity index (χ3n) is 1.62. The smallest absolute Gasteiger partial charge is 0.255 e. The summed E-state index contributed by atoms with van der Waals surface area (Å²) in [5.41, 5.74) is 0. The zero-order valence-electron chi connectivity index (χ0n) is 9.36. The Bertz CT molecular complexity index is 133. The van der Waals surface area contributed by atoms with Gasteiger partial charge in [0.2, 0.25) is 0 Å². The molecule has 0 unspecified atom stereocenters. The molecule has 4 N–H and O–H groups in total. The van der Waals surface area contributed by atoms with Crippen LogP contribution in [0.1, 0.15) is 27.7 Å². The summed E-state index contributed by atoms with van der Waals surface area (Å²) >= 11 is 0. The van der Waals surface area contributed by atoms with Crippen molar-refractivity contribution >= 4 is 8.53 Å². The van der Waals surface area contributed by atoms with Crippen molar-refractivity contribution in [2.45, 2.75) is 39.8 Å². The van der Waals surface area contributed by atoms with E-state index < -0.39 is 8.53 Å². The van der Waals surface area contributed by atoms with Crippen molar-refractivity contribution in [3.8, 4) is 0 Å². The van der Waals surface area contributed by atoms with Crippen molar-refractivity contribution in [1.82, 2.24) is 15.3 Å². The van der Waals surface area contributed by atoms with Gasteiger partial charge < -0.3 is 20.4 Å². The van der Waals surface area contributed by atoms with E-state index in [0.29, 0.717) is 25.4 Å². The fourth-order valence-electron chi connectivity index (χ4n) is 0.758. The standard InChI is InChI=1S/C8H22N3O2P/c1-7(2)9-5-11(14(12)13)6-10-8(3)4/h7-10,12-13H,5-6H2,1-4H3. The van der Waals surface area contributed by atoms with Gasteiger partial charge in [-0.15, -0.1) is 0 Å². The summed E-state index contributed by atoms with van der Waals surface area (Å²) < 4.78 is 1.56. The van der Waals surface area contributed by atoms with E-state index in [1.165, 1.54) is 0 Å². The maximum Gasteiger partial charge on any atom is 0.255 e. The van der Waals surface area contributed by atoms with Crippen molar-refractivity contribution in [3.63, 3.8) is 0 Å². The minimum absolute atomic E-state index is 0.339.